The van der Waals surface area contributed by atoms with Gasteiger partial charge in [-0.25, -0.2) is 0 Å². The lowest BCUT2D eigenvalue weighted by Crippen LogP contribution is -2.52. The van der Waals surface area contributed by atoms with Crippen LogP contribution < -0.4 is 0 Å². The molecule has 0 bridgehead atoms. The fraction of sp³-hybridized carbons (Fsp3) is 0.533. The molecule has 1 saturated carbocycles. The maximum absolute atomic E-state index is 11.6. The van der Waals surface area contributed by atoms with Crippen LogP contribution in [-0.2, 0) is 11.3 Å². The highest BCUT2D eigenvalue weighted by Crippen LogP contribution is 2.43. The highest BCUT2D eigenvalue weighted by atomic mass is 16.4. The normalized spacial score (nSPS) is 18.7. The van der Waals surface area contributed by atoms with Gasteiger partial charge in [0.1, 0.15) is 5.54 Å². The molecule has 3 nitrogen and oxygen atoms in total. The highest BCUT2D eigenvalue weighted by molar-refractivity contribution is 5.79. The van der Waals surface area contributed by atoms with Crippen LogP contribution in [0.1, 0.15) is 30.9 Å². The van der Waals surface area contributed by atoms with Crippen LogP contribution in [0.3, 0.4) is 0 Å². The monoisotopic (exact) mass is 247 g/mol. The Labute approximate surface area is 108 Å². The van der Waals surface area contributed by atoms with Crippen molar-refractivity contribution in [2.75, 3.05) is 7.05 Å². The zero-order chi connectivity index (χ0) is 13.3. The molecule has 1 aromatic carbocycles. The van der Waals surface area contributed by atoms with Crippen molar-refractivity contribution < 1.29 is 9.90 Å². The predicted octanol–water partition coefficient (Wildman–Crippen LogP) is 2.68. The number of rotatable bonds is 5. The van der Waals surface area contributed by atoms with Crippen molar-refractivity contribution in [1.29, 1.82) is 0 Å². The van der Waals surface area contributed by atoms with Crippen molar-refractivity contribution >= 4 is 5.97 Å². The molecule has 0 radical (unpaired) electrons. The van der Waals surface area contributed by atoms with Crippen LogP contribution in [0.2, 0.25) is 0 Å². The molecule has 0 aromatic heterocycles. The largest absolute Gasteiger partial charge is 0.480 e. The molecule has 18 heavy (non-hydrogen) atoms. The summed E-state index contributed by atoms with van der Waals surface area (Å²) in [6.45, 7) is 4.61. The van der Waals surface area contributed by atoms with E-state index >= 15 is 0 Å². The number of aliphatic carboxylic acids is 1. The molecular formula is C15H21NO2. The van der Waals surface area contributed by atoms with Crippen molar-refractivity contribution in [3.05, 3.63) is 35.4 Å². The molecule has 98 valence electrons. The van der Waals surface area contributed by atoms with E-state index in [0.29, 0.717) is 12.5 Å². The second-order valence-corrected chi connectivity index (χ2v) is 5.51. The van der Waals surface area contributed by atoms with Crippen molar-refractivity contribution in [3.63, 3.8) is 0 Å². The Balaban J connectivity index is 2.18. The van der Waals surface area contributed by atoms with E-state index in [1.165, 1.54) is 11.1 Å². The minimum Gasteiger partial charge on any atom is -0.480 e. The molecule has 1 aliphatic carbocycles. The molecule has 1 N–H and O–H groups in total. The van der Waals surface area contributed by atoms with Gasteiger partial charge >= 0.3 is 5.97 Å². The first-order valence-electron chi connectivity index (χ1n) is 6.45. The molecular weight excluding hydrogens is 226 g/mol. The van der Waals surface area contributed by atoms with Crippen LogP contribution in [-0.4, -0.2) is 28.6 Å². The van der Waals surface area contributed by atoms with Crippen LogP contribution in [0.5, 0.6) is 0 Å². The molecule has 0 spiro atoms. The van der Waals surface area contributed by atoms with Gasteiger partial charge in [0.2, 0.25) is 0 Å². The Bertz CT molecular complexity index is 454. The van der Waals surface area contributed by atoms with Crippen molar-refractivity contribution in [2.24, 2.45) is 5.92 Å². The van der Waals surface area contributed by atoms with Crippen LogP contribution in [0.15, 0.2) is 24.3 Å². The molecule has 3 heteroatoms. The first-order valence-corrected chi connectivity index (χ1v) is 6.45. The van der Waals surface area contributed by atoms with Gasteiger partial charge in [-0.05, 0) is 50.8 Å². The van der Waals surface area contributed by atoms with Gasteiger partial charge in [-0.15, -0.1) is 0 Å². The topological polar surface area (TPSA) is 40.5 Å². The summed E-state index contributed by atoms with van der Waals surface area (Å²) in [4.78, 5) is 13.6. The van der Waals surface area contributed by atoms with E-state index in [4.69, 9.17) is 0 Å². The molecule has 2 rings (SSSR count). The summed E-state index contributed by atoms with van der Waals surface area (Å²) >= 11 is 0. The molecule has 0 heterocycles. The van der Waals surface area contributed by atoms with E-state index in [0.717, 1.165) is 12.8 Å². The number of benzene rings is 1. The van der Waals surface area contributed by atoms with Gasteiger partial charge in [-0.1, -0.05) is 24.3 Å². The number of carboxylic acids is 1. The third-order valence-electron chi connectivity index (χ3n) is 4.27. The summed E-state index contributed by atoms with van der Waals surface area (Å²) in [6, 6.07) is 8.15. The van der Waals surface area contributed by atoms with E-state index < -0.39 is 11.5 Å². The number of aryl methyl sites for hydroxylation is 1. The SMILES string of the molecule is Cc1ccccc1CN(C)C(C)(C(=O)O)C1CC1. The van der Waals surface area contributed by atoms with E-state index in [-0.39, 0.29) is 0 Å². The number of carboxylic acid groups (broad SMARTS) is 1. The predicted molar refractivity (Wildman–Crippen MR) is 71.4 cm³/mol. The molecule has 0 saturated heterocycles. The maximum Gasteiger partial charge on any atom is 0.324 e. The van der Waals surface area contributed by atoms with Crippen LogP contribution in [0.4, 0.5) is 0 Å². The standard InChI is InChI=1S/C15H21NO2/c1-11-6-4-5-7-12(11)10-16(3)15(2,14(17)18)13-8-9-13/h4-7,13H,8-10H2,1-3H3,(H,17,18). The summed E-state index contributed by atoms with van der Waals surface area (Å²) in [5.74, 6) is -0.412. The zero-order valence-electron chi connectivity index (χ0n) is 11.3. The second kappa shape index (κ2) is 4.73. The van der Waals surface area contributed by atoms with Crippen molar-refractivity contribution in [3.8, 4) is 0 Å². The Kier molecular flexibility index (Phi) is 3.44. The second-order valence-electron chi connectivity index (χ2n) is 5.51. The molecule has 0 aliphatic heterocycles. The quantitative estimate of drug-likeness (QED) is 0.869. The summed E-state index contributed by atoms with van der Waals surface area (Å²) in [6.07, 6.45) is 2.06. The van der Waals surface area contributed by atoms with E-state index in [1.807, 2.05) is 31.0 Å². The lowest BCUT2D eigenvalue weighted by atomic mass is 9.93. The number of hydrogen-bond donors (Lipinski definition) is 1. The van der Waals surface area contributed by atoms with Crippen molar-refractivity contribution in [1.82, 2.24) is 4.90 Å². The zero-order valence-corrected chi connectivity index (χ0v) is 11.3. The first kappa shape index (κ1) is 13.1. The number of hydrogen-bond acceptors (Lipinski definition) is 2. The van der Waals surface area contributed by atoms with E-state index in [9.17, 15) is 9.90 Å². The highest BCUT2D eigenvalue weighted by Gasteiger charge is 2.50. The third-order valence-corrected chi connectivity index (χ3v) is 4.27. The molecule has 1 aromatic rings. The van der Waals surface area contributed by atoms with Gasteiger partial charge in [0.05, 0.1) is 0 Å². The minimum atomic E-state index is -0.734. The minimum absolute atomic E-state index is 0.295. The van der Waals surface area contributed by atoms with Crippen molar-refractivity contribution in [2.45, 2.75) is 38.8 Å². The smallest absolute Gasteiger partial charge is 0.324 e. The number of carbonyl (C=O) groups is 1. The van der Waals surface area contributed by atoms with Gasteiger partial charge in [0.25, 0.3) is 0 Å². The fourth-order valence-corrected chi connectivity index (χ4v) is 2.50. The Morgan fingerprint density at radius 1 is 1.44 bits per heavy atom. The maximum atomic E-state index is 11.6. The molecule has 1 fully saturated rings. The average molecular weight is 247 g/mol. The summed E-state index contributed by atoms with van der Waals surface area (Å²) in [7, 11) is 1.92. The average Bonchev–Trinajstić information content (AvgIpc) is 3.14. The Hall–Kier alpha value is -1.35. The first-order chi connectivity index (χ1) is 8.46. The van der Waals surface area contributed by atoms with Gasteiger partial charge in [0.15, 0.2) is 0 Å². The Morgan fingerprint density at radius 3 is 2.56 bits per heavy atom. The lowest BCUT2D eigenvalue weighted by Gasteiger charge is -2.35. The van der Waals surface area contributed by atoms with Crippen LogP contribution in [0.25, 0.3) is 0 Å². The number of nitrogens with zero attached hydrogens (tertiary/aromatic N) is 1. The third kappa shape index (κ3) is 2.27. The van der Waals surface area contributed by atoms with E-state index in [1.54, 1.807) is 0 Å². The van der Waals surface area contributed by atoms with Gasteiger partial charge < -0.3 is 5.11 Å². The van der Waals surface area contributed by atoms with Gasteiger partial charge in [-0.2, -0.15) is 0 Å². The lowest BCUT2D eigenvalue weighted by molar-refractivity contribution is -0.151. The van der Waals surface area contributed by atoms with E-state index in [2.05, 4.69) is 19.1 Å². The summed E-state index contributed by atoms with van der Waals surface area (Å²) in [5.41, 5.74) is 1.68. The number of likely N-dealkylation sites (N-methyl/N-ethyl adjacent to an activating group) is 1. The fourth-order valence-electron chi connectivity index (χ4n) is 2.50. The van der Waals surface area contributed by atoms with Gasteiger partial charge in [-0.3, -0.25) is 9.69 Å². The van der Waals surface area contributed by atoms with Crippen LogP contribution in [0, 0.1) is 12.8 Å². The Morgan fingerprint density at radius 2 is 2.06 bits per heavy atom. The summed E-state index contributed by atoms with van der Waals surface area (Å²) in [5, 5.41) is 9.52. The molecule has 0 amide bonds. The molecule has 1 atom stereocenters. The van der Waals surface area contributed by atoms with Crippen LogP contribution >= 0.6 is 0 Å². The molecule has 1 aliphatic rings. The summed E-state index contributed by atoms with van der Waals surface area (Å²) < 4.78 is 0. The van der Waals surface area contributed by atoms with Gasteiger partial charge in [0, 0.05) is 6.54 Å². The molecule has 1 unspecified atom stereocenters.